The number of carboxylic acids is 1. The monoisotopic (exact) mass is 305 g/mol. The van der Waals surface area contributed by atoms with Crippen molar-refractivity contribution in [2.24, 2.45) is 0 Å². The number of carboxylic acid groups (broad SMARTS) is 1. The first-order valence-corrected chi connectivity index (χ1v) is 5.34. The summed E-state index contributed by atoms with van der Waals surface area (Å²) in [7, 11) is 0. The number of carbonyl (C=O) groups excluding carboxylic acids is 1. The van der Waals surface area contributed by atoms with Gasteiger partial charge in [0.1, 0.15) is 5.82 Å². The lowest BCUT2D eigenvalue weighted by Gasteiger charge is -2.12. The molecule has 0 heterocycles. The minimum absolute atomic E-state index is 0.0373. The molecule has 3 N–H and O–H groups in total. The van der Waals surface area contributed by atoms with E-state index in [4.69, 9.17) is 10.2 Å². The summed E-state index contributed by atoms with van der Waals surface area (Å²) in [4.78, 5) is 22.2. The van der Waals surface area contributed by atoms with Crippen molar-refractivity contribution in [3.8, 4) is 0 Å². The van der Waals surface area contributed by atoms with Crippen LogP contribution < -0.4 is 5.32 Å². The highest BCUT2D eigenvalue weighted by Crippen LogP contribution is 2.17. The first-order valence-electron chi connectivity index (χ1n) is 4.55. The van der Waals surface area contributed by atoms with Gasteiger partial charge in [-0.25, -0.2) is 9.18 Å². The van der Waals surface area contributed by atoms with Crippen molar-refractivity contribution in [1.29, 1.82) is 0 Å². The fourth-order valence-electron chi connectivity index (χ4n) is 1.09. The number of aliphatic hydroxyl groups is 1. The van der Waals surface area contributed by atoms with E-state index in [0.29, 0.717) is 4.47 Å². The third kappa shape index (κ3) is 3.50. The smallest absolute Gasteiger partial charge is 0.328 e. The van der Waals surface area contributed by atoms with Crippen molar-refractivity contribution in [1.82, 2.24) is 5.32 Å². The van der Waals surface area contributed by atoms with E-state index in [9.17, 15) is 14.0 Å². The molecule has 0 aromatic heterocycles. The van der Waals surface area contributed by atoms with E-state index in [-0.39, 0.29) is 5.56 Å². The molecule has 1 aromatic rings. The van der Waals surface area contributed by atoms with E-state index >= 15 is 0 Å². The number of aliphatic carboxylic acids is 1. The van der Waals surface area contributed by atoms with Crippen molar-refractivity contribution in [2.45, 2.75) is 6.04 Å². The first-order chi connectivity index (χ1) is 7.95. The summed E-state index contributed by atoms with van der Waals surface area (Å²) in [6, 6.07) is 2.04. The van der Waals surface area contributed by atoms with Crippen LogP contribution in [0.3, 0.4) is 0 Å². The summed E-state index contributed by atoms with van der Waals surface area (Å²) in [5.74, 6) is -2.76. The van der Waals surface area contributed by atoms with E-state index in [1.54, 1.807) is 0 Å². The van der Waals surface area contributed by atoms with Gasteiger partial charge in [0.05, 0.1) is 12.2 Å². The van der Waals surface area contributed by atoms with E-state index in [1.807, 2.05) is 0 Å². The maximum atomic E-state index is 12.9. The van der Waals surface area contributed by atoms with Gasteiger partial charge in [-0.2, -0.15) is 0 Å². The minimum atomic E-state index is -1.42. The number of aliphatic hydroxyl groups excluding tert-OH is 1. The van der Waals surface area contributed by atoms with Gasteiger partial charge < -0.3 is 15.5 Å². The number of halogens is 2. The van der Waals surface area contributed by atoms with Gasteiger partial charge in [0, 0.05) is 4.47 Å². The fraction of sp³-hybridized carbons (Fsp3) is 0.200. The molecule has 17 heavy (non-hydrogen) atoms. The summed E-state index contributed by atoms with van der Waals surface area (Å²) in [6.07, 6.45) is 0. The average Bonchev–Trinajstić information content (AvgIpc) is 2.28. The standard InChI is InChI=1S/C10H9BrFNO4/c11-7-2-1-5(12)3-6(7)9(15)13-8(4-14)10(16)17/h1-3,8,14H,4H2,(H,13,15)(H,16,17)/t8-/m1/s1. The summed E-state index contributed by atoms with van der Waals surface area (Å²) in [6.45, 7) is -0.742. The zero-order valence-corrected chi connectivity index (χ0v) is 10.1. The highest BCUT2D eigenvalue weighted by Gasteiger charge is 2.21. The summed E-state index contributed by atoms with van der Waals surface area (Å²) < 4.78 is 13.3. The number of benzene rings is 1. The Hall–Kier alpha value is -1.47. The predicted octanol–water partition coefficient (Wildman–Crippen LogP) is 0.764. The largest absolute Gasteiger partial charge is 0.480 e. The van der Waals surface area contributed by atoms with Crippen LogP contribution in [0.4, 0.5) is 4.39 Å². The third-order valence-corrected chi connectivity index (χ3v) is 2.65. The summed E-state index contributed by atoms with van der Waals surface area (Å²) in [5.41, 5.74) is -0.0373. The van der Waals surface area contributed by atoms with Gasteiger partial charge in [0.2, 0.25) is 0 Å². The van der Waals surface area contributed by atoms with Gasteiger partial charge in [0.25, 0.3) is 5.91 Å². The third-order valence-electron chi connectivity index (χ3n) is 1.96. The molecule has 0 spiro atoms. The van der Waals surface area contributed by atoms with Crippen LogP contribution in [0.1, 0.15) is 10.4 Å². The maximum absolute atomic E-state index is 12.9. The molecule has 0 aliphatic heterocycles. The van der Waals surface area contributed by atoms with Crippen LogP contribution in [-0.2, 0) is 4.79 Å². The SMILES string of the molecule is O=C(N[C@H](CO)C(=O)O)c1cc(F)ccc1Br. The molecular formula is C10H9BrFNO4. The van der Waals surface area contributed by atoms with Crippen molar-refractivity contribution < 1.29 is 24.2 Å². The molecule has 0 bridgehead atoms. The van der Waals surface area contributed by atoms with Crippen LogP contribution in [0.2, 0.25) is 0 Å². The number of amides is 1. The van der Waals surface area contributed by atoms with Crippen molar-refractivity contribution in [3.63, 3.8) is 0 Å². The van der Waals surface area contributed by atoms with Crippen molar-refractivity contribution >= 4 is 27.8 Å². The quantitative estimate of drug-likeness (QED) is 0.766. The summed E-state index contributed by atoms with van der Waals surface area (Å²) in [5, 5.41) is 19.4. The molecule has 0 unspecified atom stereocenters. The Kier molecular flexibility index (Phi) is 4.59. The molecular weight excluding hydrogens is 297 g/mol. The molecule has 92 valence electrons. The number of rotatable bonds is 4. The lowest BCUT2D eigenvalue weighted by Crippen LogP contribution is -2.43. The van der Waals surface area contributed by atoms with E-state index in [1.165, 1.54) is 6.07 Å². The minimum Gasteiger partial charge on any atom is -0.480 e. The molecule has 0 aliphatic carbocycles. The van der Waals surface area contributed by atoms with E-state index in [0.717, 1.165) is 12.1 Å². The molecule has 0 aliphatic rings. The average molecular weight is 306 g/mol. The normalized spacial score (nSPS) is 11.9. The molecule has 0 radical (unpaired) electrons. The van der Waals surface area contributed by atoms with E-state index < -0.39 is 30.3 Å². The van der Waals surface area contributed by atoms with E-state index in [2.05, 4.69) is 21.2 Å². The second kappa shape index (κ2) is 5.74. The number of hydrogen-bond donors (Lipinski definition) is 3. The molecule has 1 atom stereocenters. The Labute approximate surface area is 104 Å². The Bertz CT molecular complexity index is 452. The Morgan fingerprint density at radius 1 is 1.47 bits per heavy atom. The molecule has 1 aromatic carbocycles. The molecule has 5 nitrogen and oxygen atoms in total. The van der Waals surface area contributed by atoms with Crippen LogP contribution >= 0.6 is 15.9 Å². The highest BCUT2D eigenvalue weighted by atomic mass is 79.9. The molecule has 1 rings (SSSR count). The van der Waals surface area contributed by atoms with Gasteiger partial charge in [-0.15, -0.1) is 0 Å². The zero-order valence-electron chi connectivity index (χ0n) is 8.48. The Balaban J connectivity index is 2.89. The first kappa shape index (κ1) is 13.6. The molecule has 7 heteroatoms. The van der Waals surface area contributed by atoms with Crippen molar-refractivity contribution in [2.75, 3.05) is 6.61 Å². The van der Waals surface area contributed by atoms with Gasteiger partial charge in [-0.3, -0.25) is 4.79 Å². The van der Waals surface area contributed by atoms with Gasteiger partial charge in [-0.05, 0) is 34.1 Å². The summed E-state index contributed by atoms with van der Waals surface area (Å²) >= 11 is 3.04. The second-order valence-electron chi connectivity index (χ2n) is 3.17. The molecule has 0 saturated carbocycles. The Morgan fingerprint density at radius 2 is 2.12 bits per heavy atom. The van der Waals surface area contributed by atoms with Crippen LogP contribution in [0.5, 0.6) is 0 Å². The van der Waals surface area contributed by atoms with Gasteiger partial charge in [0.15, 0.2) is 6.04 Å². The molecule has 0 saturated heterocycles. The van der Waals surface area contributed by atoms with Gasteiger partial charge >= 0.3 is 5.97 Å². The van der Waals surface area contributed by atoms with Crippen LogP contribution in [-0.4, -0.2) is 34.7 Å². The molecule has 1 amide bonds. The maximum Gasteiger partial charge on any atom is 0.328 e. The Morgan fingerprint density at radius 3 is 2.65 bits per heavy atom. The lowest BCUT2D eigenvalue weighted by atomic mass is 10.2. The van der Waals surface area contributed by atoms with Crippen molar-refractivity contribution in [3.05, 3.63) is 34.1 Å². The fourth-order valence-corrected chi connectivity index (χ4v) is 1.52. The number of nitrogens with one attached hydrogen (secondary N) is 1. The van der Waals surface area contributed by atoms with Gasteiger partial charge in [-0.1, -0.05) is 0 Å². The topological polar surface area (TPSA) is 86.6 Å². The predicted molar refractivity (Wildman–Crippen MR) is 60.1 cm³/mol. The van der Waals surface area contributed by atoms with Crippen LogP contribution in [0.15, 0.2) is 22.7 Å². The zero-order chi connectivity index (χ0) is 13.0. The lowest BCUT2D eigenvalue weighted by molar-refractivity contribution is -0.140. The number of carbonyl (C=O) groups is 2. The molecule has 0 fully saturated rings. The second-order valence-corrected chi connectivity index (χ2v) is 4.03. The van der Waals surface area contributed by atoms with Crippen LogP contribution in [0, 0.1) is 5.82 Å². The number of hydrogen-bond acceptors (Lipinski definition) is 3. The highest BCUT2D eigenvalue weighted by molar-refractivity contribution is 9.10. The van der Waals surface area contributed by atoms with Crippen LogP contribution in [0.25, 0.3) is 0 Å².